The SMILES string of the molecule is Cc1cnc(N2CCC(C)CC2CN)c([N+](=O)[O-])c1. The van der Waals surface area contributed by atoms with Gasteiger partial charge in [0.15, 0.2) is 0 Å². The lowest BCUT2D eigenvalue weighted by Gasteiger charge is -2.38. The summed E-state index contributed by atoms with van der Waals surface area (Å²) in [4.78, 5) is 17.1. The molecule has 1 aromatic heterocycles. The van der Waals surface area contributed by atoms with Crippen molar-refractivity contribution in [2.45, 2.75) is 32.7 Å². The molecule has 6 nitrogen and oxygen atoms in total. The van der Waals surface area contributed by atoms with Crippen molar-refractivity contribution in [3.8, 4) is 0 Å². The first kappa shape index (κ1) is 13.7. The molecule has 0 bridgehead atoms. The van der Waals surface area contributed by atoms with E-state index in [-0.39, 0.29) is 16.7 Å². The van der Waals surface area contributed by atoms with Gasteiger partial charge in [-0.15, -0.1) is 0 Å². The number of nitrogens with zero attached hydrogens (tertiary/aromatic N) is 3. The predicted molar refractivity (Wildman–Crippen MR) is 74.2 cm³/mol. The normalized spacial score (nSPS) is 23.4. The molecule has 0 saturated carbocycles. The Bertz CT molecular complexity index is 478. The van der Waals surface area contributed by atoms with Crippen LogP contribution in [0.3, 0.4) is 0 Å². The lowest BCUT2D eigenvalue weighted by molar-refractivity contribution is -0.384. The number of aromatic nitrogens is 1. The number of rotatable bonds is 3. The minimum Gasteiger partial charge on any atom is -0.347 e. The fourth-order valence-corrected chi connectivity index (χ4v) is 2.66. The molecule has 1 aliphatic heterocycles. The van der Waals surface area contributed by atoms with Gasteiger partial charge in [0.25, 0.3) is 0 Å². The van der Waals surface area contributed by atoms with Crippen molar-refractivity contribution < 1.29 is 4.92 Å². The van der Waals surface area contributed by atoms with E-state index < -0.39 is 0 Å². The van der Waals surface area contributed by atoms with Crippen molar-refractivity contribution in [1.82, 2.24) is 4.98 Å². The van der Waals surface area contributed by atoms with Crippen molar-refractivity contribution in [3.63, 3.8) is 0 Å². The fraction of sp³-hybridized carbons (Fsp3) is 0.615. The van der Waals surface area contributed by atoms with E-state index in [1.165, 1.54) is 0 Å². The molecular formula is C13H20N4O2. The number of nitrogens with two attached hydrogens (primary N) is 1. The van der Waals surface area contributed by atoms with Gasteiger partial charge in [0.1, 0.15) is 0 Å². The number of anilines is 1. The number of hydrogen-bond acceptors (Lipinski definition) is 5. The smallest absolute Gasteiger partial charge is 0.311 e. The molecule has 2 N–H and O–H groups in total. The van der Waals surface area contributed by atoms with Gasteiger partial charge in [-0.05, 0) is 31.2 Å². The average Bonchev–Trinajstić information content (AvgIpc) is 2.38. The van der Waals surface area contributed by atoms with Gasteiger partial charge >= 0.3 is 5.69 Å². The van der Waals surface area contributed by atoms with Crippen LogP contribution in [0.25, 0.3) is 0 Å². The Kier molecular flexibility index (Phi) is 3.99. The van der Waals surface area contributed by atoms with Gasteiger partial charge in [-0.25, -0.2) is 4.98 Å². The summed E-state index contributed by atoms with van der Waals surface area (Å²) in [7, 11) is 0. The molecule has 1 fully saturated rings. The summed E-state index contributed by atoms with van der Waals surface area (Å²) in [5.41, 5.74) is 6.68. The van der Waals surface area contributed by atoms with E-state index in [1.807, 2.05) is 11.8 Å². The van der Waals surface area contributed by atoms with Gasteiger partial charge in [-0.3, -0.25) is 10.1 Å². The second-order valence-electron chi connectivity index (χ2n) is 5.32. The third kappa shape index (κ3) is 2.84. The van der Waals surface area contributed by atoms with E-state index in [4.69, 9.17) is 5.73 Å². The van der Waals surface area contributed by atoms with E-state index in [0.29, 0.717) is 18.3 Å². The summed E-state index contributed by atoms with van der Waals surface area (Å²) in [6, 6.07) is 1.71. The van der Waals surface area contributed by atoms with Gasteiger partial charge in [0.05, 0.1) is 4.92 Å². The van der Waals surface area contributed by atoms with E-state index in [0.717, 1.165) is 24.9 Å². The van der Waals surface area contributed by atoms with Crippen molar-refractivity contribution in [3.05, 3.63) is 27.9 Å². The maximum Gasteiger partial charge on any atom is 0.311 e. The summed E-state index contributed by atoms with van der Waals surface area (Å²) >= 11 is 0. The zero-order valence-corrected chi connectivity index (χ0v) is 11.4. The molecule has 0 spiro atoms. The second kappa shape index (κ2) is 5.52. The highest BCUT2D eigenvalue weighted by molar-refractivity contribution is 5.59. The molecule has 1 aliphatic rings. The number of piperidine rings is 1. The van der Waals surface area contributed by atoms with Crippen LogP contribution in [0.4, 0.5) is 11.5 Å². The van der Waals surface area contributed by atoms with Crippen molar-refractivity contribution in [2.75, 3.05) is 18.0 Å². The number of aryl methyl sites for hydroxylation is 1. The van der Waals surface area contributed by atoms with Crippen LogP contribution >= 0.6 is 0 Å². The number of nitro groups is 1. The van der Waals surface area contributed by atoms with Crippen LogP contribution in [-0.4, -0.2) is 29.0 Å². The summed E-state index contributed by atoms with van der Waals surface area (Å²) in [5.74, 6) is 1.06. The zero-order chi connectivity index (χ0) is 14.0. The molecule has 19 heavy (non-hydrogen) atoms. The van der Waals surface area contributed by atoms with Crippen LogP contribution in [0, 0.1) is 23.0 Å². The molecule has 2 heterocycles. The summed E-state index contributed by atoms with van der Waals surface area (Å²) < 4.78 is 0. The molecule has 1 aromatic rings. The highest BCUT2D eigenvalue weighted by atomic mass is 16.6. The maximum atomic E-state index is 11.2. The molecule has 6 heteroatoms. The van der Waals surface area contributed by atoms with Gasteiger partial charge < -0.3 is 10.6 Å². The first-order chi connectivity index (χ1) is 9.02. The Morgan fingerprint density at radius 2 is 2.37 bits per heavy atom. The molecule has 1 saturated heterocycles. The van der Waals surface area contributed by atoms with Crippen molar-refractivity contribution in [2.24, 2.45) is 11.7 Å². The van der Waals surface area contributed by atoms with Crippen LogP contribution in [0.15, 0.2) is 12.3 Å². The predicted octanol–water partition coefficient (Wildman–Crippen LogP) is 1.86. The highest BCUT2D eigenvalue weighted by Crippen LogP contribution is 2.32. The topological polar surface area (TPSA) is 85.3 Å². The molecule has 2 atom stereocenters. The Morgan fingerprint density at radius 3 is 3.00 bits per heavy atom. The van der Waals surface area contributed by atoms with Crippen molar-refractivity contribution in [1.29, 1.82) is 0 Å². The third-order valence-electron chi connectivity index (χ3n) is 3.70. The van der Waals surface area contributed by atoms with Gasteiger partial charge in [0.2, 0.25) is 5.82 Å². The molecule has 2 unspecified atom stereocenters. The number of hydrogen-bond donors (Lipinski definition) is 1. The summed E-state index contributed by atoms with van der Waals surface area (Å²) in [6.45, 7) is 5.27. The van der Waals surface area contributed by atoms with Crippen LogP contribution in [-0.2, 0) is 0 Å². The van der Waals surface area contributed by atoms with Crippen molar-refractivity contribution >= 4 is 11.5 Å². The van der Waals surface area contributed by atoms with Gasteiger partial charge in [-0.2, -0.15) is 0 Å². The largest absolute Gasteiger partial charge is 0.347 e. The van der Waals surface area contributed by atoms with E-state index >= 15 is 0 Å². The molecule has 2 rings (SSSR count). The minimum absolute atomic E-state index is 0.0769. The quantitative estimate of drug-likeness (QED) is 0.665. The molecule has 0 radical (unpaired) electrons. The molecule has 0 amide bonds. The zero-order valence-electron chi connectivity index (χ0n) is 11.4. The van der Waals surface area contributed by atoms with Crippen LogP contribution < -0.4 is 10.6 Å². The van der Waals surface area contributed by atoms with Gasteiger partial charge in [0, 0.05) is 31.4 Å². The summed E-state index contributed by atoms with van der Waals surface area (Å²) in [5, 5.41) is 11.2. The Morgan fingerprint density at radius 1 is 1.63 bits per heavy atom. The Labute approximate surface area is 112 Å². The number of pyridine rings is 1. The van der Waals surface area contributed by atoms with Gasteiger partial charge in [-0.1, -0.05) is 6.92 Å². The average molecular weight is 264 g/mol. The lowest BCUT2D eigenvalue weighted by atomic mass is 9.92. The standard InChI is InChI=1S/C13H20N4O2/c1-9-3-4-16(11(5-9)7-14)13-12(17(18)19)6-10(2)8-15-13/h6,8-9,11H,3-5,7,14H2,1-2H3. The maximum absolute atomic E-state index is 11.2. The monoisotopic (exact) mass is 264 g/mol. The molecule has 0 aromatic carbocycles. The molecule has 104 valence electrons. The lowest BCUT2D eigenvalue weighted by Crippen LogP contribution is -2.47. The first-order valence-corrected chi connectivity index (χ1v) is 6.60. The summed E-state index contributed by atoms with van der Waals surface area (Å²) in [6.07, 6.45) is 3.65. The van der Waals surface area contributed by atoms with Crippen LogP contribution in [0.1, 0.15) is 25.3 Å². The second-order valence-corrected chi connectivity index (χ2v) is 5.32. The highest BCUT2D eigenvalue weighted by Gasteiger charge is 2.30. The fourth-order valence-electron chi connectivity index (χ4n) is 2.66. The third-order valence-corrected chi connectivity index (χ3v) is 3.70. The Balaban J connectivity index is 2.37. The Hall–Kier alpha value is -1.69. The van der Waals surface area contributed by atoms with E-state index in [9.17, 15) is 10.1 Å². The first-order valence-electron chi connectivity index (χ1n) is 6.60. The van der Waals surface area contributed by atoms with Crippen LogP contribution in [0.5, 0.6) is 0 Å². The molecule has 0 aliphatic carbocycles. The minimum atomic E-state index is -0.360. The molecular weight excluding hydrogens is 244 g/mol. The van der Waals surface area contributed by atoms with Crippen LogP contribution in [0.2, 0.25) is 0 Å². The van der Waals surface area contributed by atoms with E-state index in [2.05, 4.69) is 11.9 Å². The van der Waals surface area contributed by atoms with E-state index in [1.54, 1.807) is 12.3 Å².